The predicted molar refractivity (Wildman–Crippen MR) is 160 cm³/mol. The van der Waals surface area contributed by atoms with E-state index in [1.165, 1.54) is 33.1 Å². The Balaban J connectivity index is -0.000000412. The Labute approximate surface area is 256 Å². The third-order valence-corrected chi connectivity index (χ3v) is 4.63. The van der Waals surface area contributed by atoms with Crippen LogP contribution in [0.1, 0.15) is 49.9 Å². The van der Waals surface area contributed by atoms with Crippen LogP contribution in [0.5, 0.6) is 0 Å². The Kier molecular flexibility index (Phi) is 33.4. The second-order valence-electron chi connectivity index (χ2n) is 7.02. The van der Waals surface area contributed by atoms with Crippen molar-refractivity contribution in [1.82, 2.24) is 19.9 Å². The van der Waals surface area contributed by atoms with Gasteiger partial charge in [-0.15, -0.1) is 0 Å². The van der Waals surface area contributed by atoms with Gasteiger partial charge in [-0.25, -0.2) is 10.5 Å². The molecule has 1 radical (unpaired) electrons. The van der Waals surface area contributed by atoms with Gasteiger partial charge in [-0.3, -0.25) is 19.9 Å². The minimum atomic E-state index is 0. The van der Waals surface area contributed by atoms with Crippen molar-refractivity contribution in [3.63, 3.8) is 0 Å². The van der Waals surface area contributed by atoms with Crippen LogP contribution in [0.3, 0.4) is 0 Å². The van der Waals surface area contributed by atoms with Gasteiger partial charge in [0.25, 0.3) is 0 Å². The van der Waals surface area contributed by atoms with Gasteiger partial charge in [0, 0.05) is 49.6 Å². The molecule has 9 heteroatoms. The van der Waals surface area contributed by atoms with Crippen LogP contribution in [-0.4, -0.2) is 19.9 Å². The molecule has 0 bridgehead atoms. The van der Waals surface area contributed by atoms with Crippen LogP contribution in [0, 0.1) is 21.3 Å². The number of hydrogen-bond acceptors (Lipinski definition) is 8. The second kappa shape index (κ2) is 32.6. The van der Waals surface area contributed by atoms with Crippen LogP contribution in [0.2, 0.25) is 0 Å². The summed E-state index contributed by atoms with van der Waals surface area (Å²) < 4.78 is 0. The van der Waals surface area contributed by atoms with E-state index in [9.17, 15) is 0 Å². The van der Waals surface area contributed by atoms with E-state index in [2.05, 4.69) is 72.9 Å². The van der Waals surface area contributed by atoms with Gasteiger partial charge in [-0.05, 0) is 96.5 Å². The van der Waals surface area contributed by atoms with Crippen molar-refractivity contribution >= 4 is 25.3 Å². The number of thiocyanates is 2. The molecule has 4 rings (SSSR count). The SMILES string of the molecule is CCc1ccncc1.CCc1ccncc1.CCc1ccncc1.CCc1ccncc1.N#C[S-].N#C[S-].[Co+2]. The fraction of sp³-hybridized carbons (Fsp3) is 0.267. The van der Waals surface area contributed by atoms with E-state index in [0.29, 0.717) is 0 Å². The molecule has 0 saturated heterocycles. The Hall–Kier alpha value is -3.47. The van der Waals surface area contributed by atoms with E-state index in [1.54, 1.807) is 0 Å². The molecule has 0 N–H and O–H groups in total. The predicted octanol–water partition coefficient (Wildman–Crippen LogP) is 6.60. The first-order valence-electron chi connectivity index (χ1n) is 12.1. The number of nitriles is 2. The molecular formula is C30H36CoN6S2. The average Bonchev–Trinajstić information content (AvgIpc) is 3.00. The number of hydrogen-bond donors (Lipinski definition) is 0. The van der Waals surface area contributed by atoms with Crippen molar-refractivity contribution < 1.29 is 16.8 Å². The van der Waals surface area contributed by atoms with Crippen molar-refractivity contribution in [1.29, 1.82) is 10.5 Å². The van der Waals surface area contributed by atoms with Crippen molar-refractivity contribution in [2.45, 2.75) is 53.4 Å². The van der Waals surface area contributed by atoms with Crippen molar-refractivity contribution in [3.05, 3.63) is 120 Å². The summed E-state index contributed by atoms with van der Waals surface area (Å²) in [6.45, 7) is 8.54. The topological polar surface area (TPSA) is 99.1 Å². The summed E-state index contributed by atoms with van der Waals surface area (Å²) >= 11 is 7.40. The maximum absolute atomic E-state index is 7.13. The van der Waals surface area contributed by atoms with Gasteiger partial charge in [-0.2, -0.15) is 0 Å². The zero-order valence-corrected chi connectivity index (χ0v) is 25.6. The molecule has 39 heavy (non-hydrogen) atoms. The molecule has 4 heterocycles. The molecule has 4 aromatic heterocycles. The molecule has 0 unspecified atom stereocenters. The molecule has 0 aliphatic heterocycles. The monoisotopic (exact) mass is 603 g/mol. The minimum absolute atomic E-state index is 0. The Bertz CT molecular complexity index is 922. The molecule has 0 spiro atoms. The number of aromatic nitrogens is 4. The molecule has 0 aromatic carbocycles. The van der Waals surface area contributed by atoms with Gasteiger partial charge >= 0.3 is 16.8 Å². The standard InChI is InChI=1S/4C7H9N.2CHNS.Co/c4*1-2-7-3-5-8-6-4-7;2*2-1-3;/h4*3-6H,2H2,1H3;2*3H;/q;;;;;;+2/p-2. The van der Waals surface area contributed by atoms with Crippen LogP contribution in [0.25, 0.3) is 0 Å². The van der Waals surface area contributed by atoms with E-state index in [1.807, 2.05) is 98.1 Å². The normalized spacial score (nSPS) is 7.85. The third-order valence-electron chi connectivity index (χ3n) is 4.63. The molecule has 6 nitrogen and oxygen atoms in total. The molecule has 0 amide bonds. The minimum Gasteiger partial charge on any atom is -0.696 e. The van der Waals surface area contributed by atoms with Crippen LogP contribution >= 0.6 is 0 Å². The van der Waals surface area contributed by atoms with Crippen molar-refractivity contribution in [2.75, 3.05) is 0 Å². The summed E-state index contributed by atoms with van der Waals surface area (Å²) in [6, 6.07) is 16.2. The number of nitrogens with zero attached hydrogens (tertiary/aromatic N) is 6. The molecule has 0 atom stereocenters. The van der Waals surface area contributed by atoms with E-state index < -0.39 is 0 Å². The quantitative estimate of drug-likeness (QED) is 0.190. The van der Waals surface area contributed by atoms with Crippen LogP contribution < -0.4 is 0 Å². The van der Waals surface area contributed by atoms with E-state index >= 15 is 0 Å². The van der Waals surface area contributed by atoms with Crippen LogP contribution in [0.4, 0.5) is 0 Å². The first-order chi connectivity index (χ1) is 18.6. The third kappa shape index (κ3) is 27.4. The van der Waals surface area contributed by atoms with Gasteiger partial charge in [0.2, 0.25) is 0 Å². The Morgan fingerprint density at radius 2 is 0.590 bits per heavy atom. The molecule has 0 aliphatic carbocycles. The Morgan fingerprint density at radius 1 is 0.462 bits per heavy atom. The maximum atomic E-state index is 7.13. The van der Waals surface area contributed by atoms with Gasteiger partial charge < -0.3 is 25.3 Å². The zero-order chi connectivity index (χ0) is 28.7. The summed E-state index contributed by atoms with van der Waals surface area (Å²) in [5.74, 6) is 0. The first kappa shape index (κ1) is 40.0. The molecule has 207 valence electrons. The average molecular weight is 604 g/mol. The van der Waals surface area contributed by atoms with Gasteiger partial charge in [0.15, 0.2) is 0 Å². The first-order valence-corrected chi connectivity index (χ1v) is 13.0. The van der Waals surface area contributed by atoms with Crippen molar-refractivity contribution in [2.24, 2.45) is 0 Å². The van der Waals surface area contributed by atoms with Crippen LogP contribution in [0.15, 0.2) is 98.1 Å². The number of pyridine rings is 4. The van der Waals surface area contributed by atoms with Gasteiger partial charge in [0.1, 0.15) is 0 Å². The summed E-state index contributed by atoms with van der Waals surface area (Å²) in [4.78, 5) is 15.6. The van der Waals surface area contributed by atoms with Gasteiger partial charge in [-0.1, -0.05) is 38.5 Å². The summed E-state index contributed by atoms with van der Waals surface area (Å²) in [7, 11) is 0. The summed E-state index contributed by atoms with van der Waals surface area (Å²) in [5, 5.41) is 16.9. The number of aryl methyl sites for hydroxylation is 4. The zero-order valence-electron chi connectivity index (χ0n) is 22.9. The van der Waals surface area contributed by atoms with Gasteiger partial charge in [0.05, 0.1) is 0 Å². The molecule has 4 aromatic rings. The number of rotatable bonds is 4. The maximum Gasteiger partial charge on any atom is 2.00 e. The molecule has 0 aliphatic rings. The van der Waals surface area contributed by atoms with E-state index in [-0.39, 0.29) is 16.8 Å². The second-order valence-corrected chi connectivity index (χ2v) is 7.38. The Morgan fingerprint density at radius 3 is 0.667 bits per heavy atom. The molecule has 0 fully saturated rings. The largest absolute Gasteiger partial charge is 2.00 e. The van der Waals surface area contributed by atoms with Crippen LogP contribution in [-0.2, 0) is 67.7 Å². The van der Waals surface area contributed by atoms with E-state index in [0.717, 1.165) is 25.7 Å². The van der Waals surface area contributed by atoms with Crippen molar-refractivity contribution in [3.8, 4) is 10.8 Å². The summed E-state index contributed by atoms with van der Waals surface area (Å²) in [6.07, 6.45) is 18.9. The van der Waals surface area contributed by atoms with E-state index in [4.69, 9.17) is 10.5 Å². The fourth-order valence-electron chi connectivity index (χ4n) is 2.47. The molecular weight excluding hydrogens is 567 g/mol. The fourth-order valence-corrected chi connectivity index (χ4v) is 2.47. The smallest absolute Gasteiger partial charge is 0.696 e. The summed E-state index contributed by atoms with van der Waals surface area (Å²) in [5.41, 5.74) is 5.39. The molecule has 0 saturated carbocycles.